The van der Waals surface area contributed by atoms with E-state index in [0.717, 1.165) is 0 Å². The van der Waals surface area contributed by atoms with Crippen molar-refractivity contribution in [2.75, 3.05) is 12.8 Å². The van der Waals surface area contributed by atoms with E-state index in [9.17, 15) is 4.79 Å². The number of rotatable bonds is 3. The highest BCUT2D eigenvalue weighted by Gasteiger charge is 2.13. The highest BCUT2D eigenvalue weighted by Crippen LogP contribution is 2.33. The van der Waals surface area contributed by atoms with E-state index >= 15 is 0 Å². The van der Waals surface area contributed by atoms with Crippen LogP contribution in [-0.4, -0.2) is 18.2 Å². The number of ether oxygens (including phenoxy) is 1. The van der Waals surface area contributed by atoms with Crippen LogP contribution in [0.5, 0.6) is 11.5 Å². The van der Waals surface area contributed by atoms with E-state index in [2.05, 4.69) is 0 Å². The van der Waals surface area contributed by atoms with E-state index in [0.29, 0.717) is 11.5 Å². The fourth-order valence-electron chi connectivity index (χ4n) is 1.01. The van der Waals surface area contributed by atoms with E-state index in [1.165, 1.54) is 19.2 Å². The molecule has 1 rings (SSSR count). The van der Waals surface area contributed by atoms with Crippen LogP contribution in [-0.2, 0) is 0 Å². The van der Waals surface area contributed by atoms with E-state index in [1.54, 1.807) is 0 Å². The van der Waals surface area contributed by atoms with Crippen molar-refractivity contribution in [1.29, 1.82) is 0 Å². The van der Waals surface area contributed by atoms with Crippen LogP contribution < -0.4 is 15.0 Å². The molecule has 1 unspecified atom stereocenters. The van der Waals surface area contributed by atoms with Gasteiger partial charge in [0.15, 0.2) is 11.5 Å². The van der Waals surface area contributed by atoms with Crippen LogP contribution in [0.2, 0.25) is 0 Å². The molecule has 1 atom stereocenters. The van der Waals surface area contributed by atoms with Crippen LogP contribution in [0.25, 0.3) is 0 Å². The Morgan fingerprint density at radius 2 is 2.14 bits per heavy atom. The predicted octanol–water partition coefficient (Wildman–Crippen LogP) is 1.14. The highest BCUT2D eigenvalue weighted by atomic mass is 31.0. The van der Waals surface area contributed by atoms with Gasteiger partial charge in [0.2, 0.25) is 0 Å². The minimum absolute atomic E-state index is 0.00681. The molecule has 0 saturated heterocycles. The normalized spacial score (nSPS) is 9.57. The molecule has 1 aromatic rings. The standard InChI is InChI=1S/C8H10NO4P/c1-12-6-2-4(8(10)11)5(9)3-7(6)13-14/h2-3H,9,14H2,1H3,(H,10,11). The van der Waals surface area contributed by atoms with Crippen molar-refractivity contribution >= 4 is 21.1 Å². The molecule has 0 aliphatic rings. The summed E-state index contributed by atoms with van der Waals surface area (Å²) in [4.78, 5) is 10.7. The first-order valence-electron chi connectivity index (χ1n) is 3.67. The molecule has 6 heteroatoms. The molecule has 0 fully saturated rings. The average molecular weight is 215 g/mol. The van der Waals surface area contributed by atoms with Crippen LogP contribution in [0, 0.1) is 0 Å². The number of carboxylic acids is 1. The zero-order valence-electron chi connectivity index (χ0n) is 7.48. The van der Waals surface area contributed by atoms with Crippen LogP contribution in [0.4, 0.5) is 5.69 Å². The SMILES string of the molecule is COc1cc(C(=O)O)c(N)cc1OP. The van der Waals surface area contributed by atoms with Crippen LogP contribution in [0.1, 0.15) is 10.4 Å². The number of aromatic carboxylic acids is 1. The van der Waals surface area contributed by atoms with Gasteiger partial charge in [0, 0.05) is 12.1 Å². The van der Waals surface area contributed by atoms with E-state index in [4.69, 9.17) is 20.1 Å². The summed E-state index contributed by atoms with van der Waals surface area (Å²) < 4.78 is 9.80. The molecule has 0 aliphatic carbocycles. The number of nitrogens with two attached hydrogens (primary N) is 1. The first kappa shape index (κ1) is 10.6. The first-order valence-corrected chi connectivity index (χ1v) is 4.14. The van der Waals surface area contributed by atoms with Crippen LogP contribution >= 0.6 is 9.47 Å². The number of carboxylic acid groups (broad SMARTS) is 1. The van der Waals surface area contributed by atoms with Gasteiger partial charge in [-0.05, 0) is 0 Å². The van der Waals surface area contributed by atoms with Crippen molar-refractivity contribution in [2.45, 2.75) is 0 Å². The number of benzene rings is 1. The van der Waals surface area contributed by atoms with Crippen molar-refractivity contribution in [3.05, 3.63) is 17.7 Å². The Kier molecular flexibility index (Phi) is 3.14. The molecule has 0 spiro atoms. The van der Waals surface area contributed by atoms with Gasteiger partial charge in [-0.25, -0.2) is 4.79 Å². The molecular formula is C8H10NO4P. The first-order chi connectivity index (χ1) is 6.60. The second kappa shape index (κ2) is 4.15. The largest absolute Gasteiger partial charge is 0.493 e. The number of hydrogen-bond acceptors (Lipinski definition) is 4. The monoisotopic (exact) mass is 215 g/mol. The van der Waals surface area contributed by atoms with Gasteiger partial charge in [-0.15, -0.1) is 0 Å². The van der Waals surface area contributed by atoms with E-state index < -0.39 is 5.97 Å². The molecule has 0 radical (unpaired) electrons. The maximum atomic E-state index is 10.7. The molecule has 76 valence electrons. The molecule has 0 heterocycles. The quantitative estimate of drug-likeness (QED) is 0.583. The van der Waals surface area contributed by atoms with Crippen molar-refractivity contribution < 1.29 is 19.2 Å². The number of anilines is 1. The van der Waals surface area contributed by atoms with Crippen molar-refractivity contribution in [1.82, 2.24) is 0 Å². The number of methoxy groups -OCH3 is 1. The summed E-state index contributed by atoms with van der Waals surface area (Å²) in [7, 11) is 3.46. The predicted molar refractivity (Wildman–Crippen MR) is 54.7 cm³/mol. The third-order valence-corrected chi connectivity index (χ3v) is 1.95. The lowest BCUT2D eigenvalue weighted by molar-refractivity contribution is 0.0697. The number of nitrogen functional groups attached to an aromatic ring is 1. The van der Waals surface area contributed by atoms with Gasteiger partial charge in [0.05, 0.1) is 27.8 Å². The fourth-order valence-corrected chi connectivity index (χ4v) is 1.20. The summed E-state index contributed by atoms with van der Waals surface area (Å²) >= 11 is 0. The lowest BCUT2D eigenvalue weighted by atomic mass is 10.1. The van der Waals surface area contributed by atoms with Gasteiger partial charge >= 0.3 is 5.97 Å². The summed E-state index contributed by atoms with van der Waals surface area (Å²) in [5, 5.41) is 8.77. The Morgan fingerprint density at radius 3 is 2.57 bits per heavy atom. The van der Waals surface area contributed by atoms with Gasteiger partial charge in [-0.1, -0.05) is 0 Å². The minimum atomic E-state index is -1.10. The zero-order valence-corrected chi connectivity index (χ0v) is 8.64. The Labute approximate surface area is 83.1 Å². The second-order valence-electron chi connectivity index (χ2n) is 2.51. The van der Waals surface area contributed by atoms with Gasteiger partial charge in [0.1, 0.15) is 0 Å². The highest BCUT2D eigenvalue weighted by molar-refractivity contribution is 7.10. The molecule has 0 bridgehead atoms. The average Bonchev–Trinajstić information content (AvgIpc) is 2.16. The fraction of sp³-hybridized carbons (Fsp3) is 0.125. The smallest absolute Gasteiger partial charge is 0.337 e. The Hall–Kier alpha value is -1.48. The summed E-state index contributed by atoms with van der Waals surface area (Å²) in [5.41, 5.74) is 5.62. The Morgan fingerprint density at radius 1 is 1.50 bits per heavy atom. The lowest BCUT2D eigenvalue weighted by Crippen LogP contribution is -2.03. The number of hydrogen-bond donors (Lipinski definition) is 2. The van der Waals surface area contributed by atoms with Gasteiger partial charge < -0.3 is 20.1 Å². The van der Waals surface area contributed by atoms with Gasteiger partial charge in [0.25, 0.3) is 0 Å². The molecule has 0 amide bonds. The van der Waals surface area contributed by atoms with Crippen molar-refractivity contribution in [3.8, 4) is 11.5 Å². The molecule has 1 aromatic carbocycles. The molecule has 3 N–H and O–H groups in total. The maximum Gasteiger partial charge on any atom is 0.337 e. The zero-order chi connectivity index (χ0) is 10.7. The van der Waals surface area contributed by atoms with Crippen LogP contribution in [0.15, 0.2) is 12.1 Å². The maximum absolute atomic E-state index is 10.7. The Bertz CT molecular complexity index is 367. The summed E-state index contributed by atoms with van der Waals surface area (Å²) in [6.07, 6.45) is 0. The van der Waals surface area contributed by atoms with Crippen molar-refractivity contribution in [3.63, 3.8) is 0 Å². The van der Waals surface area contributed by atoms with E-state index in [-0.39, 0.29) is 11.3 Å². The van der Waals surface area contributed by atoms with Gasteiger partial charge in [-0.2, -0.15) is 0 Å². The second-order valence-corrected chi connectivity index (χ2v) is 2.75. The molecule has 14 heavy (non-hydrogen) atoms. The summed E-state index contributed by atoms with van der Waals surface area (Å²) in [5.74, 6) is -0.400. The minimum Gasteiger partial charge on any atom is -0.493 e. The molecule has 0 saturated carbocycles. The van der Waals surface area contributed by atoms with E-state index in [1.807, 2.05) is 9.47 Å². The van der Waals surface area contributed by atoms with Gasteiger partial charge in [-0.3, -0.25) is 0 Å². The Balaban J connectivity index is 3.30. The lowest BCUT2D eigenvalue weighted by Gasteiger charge is -2.09. The topological polar surface area (TPSA) is 81.8 Å². The summed E-state index contributed by atoms with van der Waals surface area (Å²) in [6.45, 7) is 0. The number of carbonyl (C=O) groups is 1. The molecule has 5 nitrogen and oxygen atoms in total. The van der Waals surface area contributed by atoms with Crippen LogP contribution in [0.3, 0.4) is 0 Å². The third-order valence-electron chi connectivity index (χ3n) is 1.69. The molecular weight excluding hydrogens is 205 g/mol. The summed E-state index contributed by atoms with van der Waals surface area (Å²) in [6, 6.07) is 2.71. The molecule has 0 aliphatic heterocycles. The van der Waals surface area contributed by atoms with Crippen molar-refractivity contribution in [2.24, 2.45) is 0 Å². The molecule has 0 aromatic heterocycles. The third kappa shape index (κ3) is 1.88.